The molecule has 0 radical (unpaired) electrons. The summed E-state index contributed by atoms with van der Waals surface area (Å²) in [5.74, 6) is 5.34. The smallest absolute Gasteiger partial charge is 0.168 e. The molecule has 0 saturated heterocycles. The van der Waals surface area contributed by atoms with E-state index in [2.05, 4.69) is 51.5 Å². The van der Waals surface area contributed by atoms with E-state index in [0.717, 1.165) is 127 Å². The van der Waals surface area contributed by atoms with Crippen LogP contribution in [0.5, 0.6) is 34.5 Å². The summed E-state index contributed by atoms with van der Waals surface area (Å²) in [5.41, 5.74) is 5.60. The van der Waals surface area contributed by atoms with Gasteiger partial charge >= 0.3 is 0 Å². The molecule has 398 valence electrons. The third-order valence-electron chi connectivity index (χ3n) is 13.5. The zero-order valence-electron chi connectivity index (χ0n) is 44.9. The van der Waals surface area contributed by atoms with E-state index in [1.165, 1.54) is 0 Å². The standard InChI is InChI=1S/C58H74N10O6S/c1-7-13-19-31-69-37-25-26-38(70-32-20-14-8-2)44-43(37)51-59-52(44)61-54-46-40(72-34-22-16-10-4)28-30-42(74-36-24-18-12-6)48(46)56(63-54)65-58-50-49(67-75-68-50)57(66-58)64-55-47-41(73-35-23-17-11-5)29-27-39(71-33-21-15-9-3)45(47)53(60-51)62-55/h25-30H,7-24,31-36H2,1-6H3,(H2,59,60,61,62,63,64,65,66). The number of nitrogens with zero attached hydrogens (tertiary/aromatic N) is 8. The van der Waals surface area contributed by atoms with Crippen molar-refractivity contribution in [2.24, 2.45) is 0 Å². The number of rotatable bonds is 30. The van der Waals surface area contributed by atoms with Gasteiger partial charge in [-0.1, -0.05) is 119 Å². The summed E-state index contributed by atoms with van der Waals surface area (Å²) in [6.45, 7) is 16.2. The molecular weight excluding hydrogens is 965 g/mol. The third kappa shape index (κ3) is 12.1. The summed E-state index contributed by atoms with van der Waals surface area (Å²) >= 11 is 1.09. The monoisotopic (exact) mass is 1040 g/mol. The average Bonchev–Trinajstić information content (AvgIpc) is 4.28. The van der Waals surface area contributed by atoms with Gasteiger partial charge in [-0.2, -0.15) is 8.75 Å². The first-order valence-corrected chi connectivity index (χ1v) is 28.7. The predicted octanol–water partition coefficient (Wildman–Crippen LogP) is 15.1. The molecule has 3 aromatic carbocycles. The molecule has 4 aromatic heterocycles. The van der Waals surface area contributed by atoms with Crippen LogP contribution < -0.4 is 28.4 Å². The second kappa shape index (κ2) is 26.2. The molecule has 7 aromatic rings. The highest BCUT2D eigenvalue weighted by Gasteiger charge is 2.32. The fourth-order valence-corrected chi connectivity index (χ4v) is 10.00. The average molecular weight is 1040 g/mol. The fourth-order valence-electron chi connectivity index (χ4n) is 9.45. The van der Waals surface area contributed by atoms with Crippen LogP contribution in [0.15, 0.2) is 36.4 Å². The van der Waals surface area contributed by atoms with Gasteiger partial charge in [-0.05, 0) is 74.9 Å². The van der Waals surface area contributed by atoms with Crippen LogP contribution in [0.1, 0.15) is 157 Å². The van der Waals surface area contributed by atoms with Crippen LogP contribution in [0.2, 0.25) is 0 Å². The van der Waals surface area contributed by atoms with Crippen molar-refractivity contribution in [3.05, 3.63) is 36.4 Å². The van der Waals surface area contributed by atoms with Gasteiger partial charge < -0.3 is 38.4 Å². The number of hydrogen-bond donors (Lipinski definition) is 2. The number of hydrogen-bond acceptors (Lipinski definition) is 15. The highest BCUT2D eigenvalue weighted by molar-refractivity contribution is 7.00. The molecule has 8 bridgehead atoms. The minimum absolute atomic E-state index is 0.381. The van der Waals surface area contributed by atoms with E-state index in [9.17, 15) is 0 Å². The Morgan fingerprint density at radius 1 is 0.320 bits per heavy atom. The maximum atomic E-state index is 6.73. The number of nitrogens with one attached hydrogen (secondary N) is 2. The van der Waals surface area contributed by atoms with Gasteiger partial charge in [-0.25, -0.2) is 29.9 Å². The molecule has 0 aliphatic carbocycles. The SMILES string of the molecule is CCCCCOc1ccc(OCCCCC)c2c1-c1nc-2nc2[nH]c(nc3nc(nc4[nH]c(n1)c1nsnc41)-c1c(OCCCCC)ccc(OCCCCC)c1-3)c1c(OCCCCC)ccc(OCCCCC)c21. The van der Waals surface area contributed by atoms with Crippen LogP contribution in [0.3, 0.4) is 0 Å². The van der Waals surface area contributed by atoms with Gasteiger partial charge in [0.25, 0.3) is 0 Å². The number of benzene rings is 3. The van der Waals surface area contributed by atoms with Crippen molar-refractivity contribution < 1.29 is 28.4 Å². The van der Waals surface area contributed by atoms with Crippen LogP contribution in [0, 0.1) is 0 Å². The quantitative estimate of drug-likeness (QED) is 0.0404. The summed E-state index contributed by atoms with van der Waals surface area (Å²) in [5, 5.41) is 1.41. The third-order valence-corrected chi connectivity index (χ3v) is 14.0. The Labute approximate surface area is 444 Å². The van der Waals surface area contributed by atoms with Crippen molar-refractivity contribution in [1.29, 1.82) is 0 Å². The lowest BCUT2D eigenvalue weighted by Crippen LogP contribution is -2.02. The van der Waals surface area contributed by atoms with Gasteiger partial charge in [0.1, 0.15) is 45.8 Å². The van der Waals surface area contributed by atoms with Crippen molar-refractivity contribution in [1.82, 2.24) is 48.6 Å². The lowest BCUT2D eigenvalue weighted by molar-refractivity contribution is 0.300. The molecule has 0 atom stereocenters. The van der Waals surface area contributed by atoms with E-state index in [1.807, 2.05) is 36.4 Å². The molecule has 2 N–H and O–H groups in total. The van der Waals surface area contributed by atoms with Gasteiger partial charge in [-0.15, -0.1) is 0 Å². The summed E-state index contributed by atoms with van der Waals surface area (Å²) in [7, 11) is 0. The Morgan fingerprint density at radius 3 is 0.867 bits per heavy atom. The molecule has 6 heterocycles. The second-order valence-corrected chi connectivity index (χ2v) is 19.9. The van der Waals surface area contributed by atoms with Gasteiger partial charge in [0, 0.05) is 0 Å². The van der Waals surface area contributed by atoms with Crippen molar-refractivity contribution in [3.63, 3.8) is 0 Å². The molecule has 2 aliphatic heterocycles. The maximum absolute atomic E-state index is 6.73. The molecule has 0 amide bonds. The van der Waals surface area contributed by atoms with E-state index in [-0.39, 0.29) is 0 Å². The van der Waals surface area contributed by atoms with Crippen molar-refractivity contribution in [2.45, 2.75) is 157 Å². The van der Waals surface area contributed by atoms with Crippen molar-refractivity contribution >= 4 is 56.1 Å². The highest BCUT2D eigenvalue weighted by Crippen LogP contribution is 2.49. The first kappa shape index (κ1) is 53.2. The molecular formula is C58H74N10O6S. The Morgan fingerprint density at radius 2 is 0.573 bits per heavy atom. The number of fused-ring (bicyclic) bond motifs is 20. The van der Waals surface area contributed by atoms with Crippen molar-refractivity contribution in [2.75, 3.05) is 39.6 Å². The summed E-state index contributed by atoms with van der Waals surface area (Å²) < 4.78 is 49.6. The molecule has 0 fully saturated rings. The molecule has 9 rings (SSSR count). The van der Waals surface area contributed by atoms with E-state index in [4.69, 9.17) is 67.1 Å². The lowest BCUT2D eigenvalue weighted by Gasteiger charge is -2.14. The predicted molar refractivity (Wildman–Crippen MR) is 300 cm³/mol. The Bertz CT molecular complexity index is 3000. The molecule has 16 nitrogen and oxygen atoms in total. The molecule has 0 unspecified atom stereocenters. The zero-order valence-corrected chi connectivity index (χ0v) is 45.7. The first-order chi connectivity index (χ1) is 37.0. The van der Waals surface area contributed by atoms with Gasteiger partial charge in [0.15, 0.2) is 45.6 Å². The zero-order chi connectivity index (χ0) is 51.9. The lowest BCUT2D eigenvalue weighted by atomic mass is 10.1. The van der Waals surface area contributed by atoms with Crippen LogP contribution in [-0.2, 0) is 0 Å². The Hall–Kier alpha value is -6.62. The largest absolute Gasteiger partial charge is 0.493 e. The van der Waals surface area contributed by atoms with E-state index in [1.54, 1.807) is 0 Å². The van der Waals surface area contributed by atoms with Gasteiger partial charge in [-0.3, -0.25) is 0 Å². The molecule has 0 saturated carbocycles. The summed E-state index contributed by atoms with van der Waals surface area (Å²) in [6, 6.07) is 11.8. The number of aromatic amines is 2. The van der Waals surface area contributed by atoms with Crippen LogP contribution in [-0.4, -0.2) is 88.3 Å². The Kier molecular flexibility index (Phi) is 18.6. The first-order valence-electron chi connectivity index (χ1n) is 27.9. The fraction of sp³-hybridized carbons (Fsp3) is 0.517. The van der Waals surface area contributed by atoms with Crippen LogP contribution in [0.4, 0.5) is 0 Å². The molecule has 17 heteroatoms. The van der Waals surface area contributed by atoms with Crippen LogP contribution in [0.25, 0.3) is 89.9 Å². The van der Waals surface area contributed by atoms with Gasteiger partial charge in [0.2, 0.25) is 0 Å². The number of ether oxygens (including phenoxy) is 6. The molecule has 0 spiro atoms. The number of H-pyrrole nitrogens is 2. The van der Waals surface area contributed by atoms with E-state index < -0.39 is 0 Å². The molecule has 75 heavy (non-hydrogen) atoms. The normalized spacial score (nSPS) is 11.8. The van der Waals surface area contributed by atoms with E-state index >= 15 is 0 Å². The minimum Gasteiger partial charge on any atom is -0.493 e. The van der Waals surface area contributed by atoms with Crippen molar-refractivity contribution in [3.8, 4) is 80.0 Å². The number of unbranched alkanes of at least 4 members (excludes halogenated alkanes) is 12. The topological polar surface area (TPSA) is 190 Å². The number of aromatic nitrogens is 10. The van der Waals surface area contributed by atoms with Gasteiger partial charge in [0.05, 0.1) is 84.4 Å². The molecule has 2 aliphatic rings. The summed E-state index contributed by atoms with van der Waals surface area (Å²) in [4.78, 5) is 39.4. The Balaban J connectivity index is 1.40. The van der Waals surface area contributed by atoms with E-state index in [0.29, 0.717) is 164 Å². The summed E-state index contributed by atoms with van der Waals surface area (Å²) in [6.07, 6.45) is 18.0. The highest BCUT2D eigenvalue weighted by atomic mass is 32.1. The maximum Gasteiger partial charge on any atom is 0.168 e. The van der Waals surface area contributed by atoms with Crippen LogP contribution >= 0.6 is 11.7 Å². The minimum atomic E-state index is 0.381. The second-order valence-electron chi connectivity index (χ2n) is 19.3.